The molecule has 1 fully saturated rings. The molecule has 2 aromatic rings. The number of nitrogens with one attached hydrogen (secondary N) is 1. The number of hydrogen-bond acceptors (Lipinski definition) is 3. The highest BCUT2D eigenvalue weighted by Gasteiger charge is 2.40. The number of aromatic nitrogens is 2. The first-order chi connectivity index (χ1) is 10.7. The second-order valence-electron chi connectivity index (χ2n) is 6.73. The zero-order chi connectivity index (χ0) is 15.4. The number of benzene rings is 1. The van der Waals surface area contributed by atoms with Crippen LogP contribution in [0.1, 0.15) is 50.1 Å². The second-order valence-corrected chi connectivity index (χ2v) is 6.73. The zero-order valence-corrected chi connectivity index (χ0v) is 13.5. The summed E-state index contributed by atoms with van der Waals surface area (Å²) in [6, 6.07) is 10.6. The first-order valence-electron chi connectivity index (χ1n) is 8.29. The van der Waals surface area contributed by atoms with Gasteiger partial charge in [0.15, 0.2) is 0 Å². The molecule has 0 aliphatic heterocycles. The summed E-state index contributed by atoms with van der Waals surface area (Å²) in [7, 11) is 0. The van der Waals surface area contributed by atoms with Gasteiger partial charge in [-0.15, -0.1) is 0 Å². The third kappa shape index (κ3) is 3.20. The molecule has 0 radical (unpaired) electrons. The molecule has 1 saturated carbocycles. The molecule has 1 N–H and O–H groups in total. The maximum Gasteiger partial charge on any atom is 0.148 e. The van der Waals surface area contributed by atoms with Crippen LogP contribution in [0, 0.1) is 5.92 Å². The van der Waals surface area contributed by atoms with E-state index in [0.29, 0.717) is 5.92 Å². The summed E-state index contributed by atoms with van der Waals surface area (Å²) in [4.78, 5) is 8.96. The topological polar surface area (TPSA) is 37.8 Å². The molecule has 1 aliphatic rings. The minimum Gasteiger partial charge on any atom is -0.301 e. The molecule has 1 aliphatic carbocycles. The molecule has 116 valence electrons. The van der Waals surface area contributed by atoms with Gasteiger partial charge in [-0.25, -0.2) is 9.97 Å². The molecule has 0 unspecified atom stereocenters. The van der Waals surface area contributed by atoms with Crippen molar-refractivity contribution < 1.29 is 0 Å². The highest BCUT2D eigenvalue weighted by atomic mass is 15.1. The lowest BCUT2D eigenvalue weighted by Gasteiger charge is -2.41. The van der Waals surface area contributed by atoms with Crippen molar-refractivity contribution in [3.8, 4) is 0 Å². The quantitative estimate of drug-likeness (QED) is 0.879. The smallest absolute Gasteiger partial charge is 0.148 e. The Morgan fingerprint density at radius 3 is 2.32 bits per heavy atom. The summed E-state index contributed by atoms with van der Waals surface area (Å²) in [5.41, 5.74) is 2.83. The third-order valence-electron chi connectivity index (χ3n) is 4.56. The van der Waals surface area contributed by atoms with E-state index in [0.717, 1.165) is 31.6 Å². The summed E-state index contributed by atoms with van der Waals surface area (Å²) >= 11 is 0. The van der Waals surface area contributed by atoms with Crippen LogP contribution in [0.2, 0.25) is 0 Å². The van der Waals surface area contributed by atoms with Crippen molar-refractivity contribution in [2.45, 2.75) is 51.6 Å². The Morgan fingerprint density at radius 1 is 1.05 bits per heavy atom. The molecular formula is C19H25N3. The predicted octanol–water partition coefficient (Wildman–Crippen LogP) is 3.84. The molecule has 3 rings (SSSR count). The van der Waals surface area contributed by atoms with E-state index < -0.39 is 0 Å². The molecule has 0 spiro atoms. The van der Waals surface area contributed by atoms with Gasteiger partial charge < -0.3 is 5.32 Å². The summed E-state index contributed by atoms with van der Waals surface area (Å²) in [5.74, 6) is 1.62. The molecule has 1 heterocycles. The van der Waals surface area contributed by atoms with Crippen LogP contribution in [0.5, 0.6) is 0 Å². The van der Waals surface area contributed by atoms with Crippen LogP contribution in [0.4, 0.5) is 0 Å². The van der Waals surface area contributed by atoms with E-state index in [4.69, 9.17) is 0 Å². The molecule has 1 aromatic carbocycles. The van der Waals surface area contributed by atoms with Gasteiger partial charge in [0, 0.05) is 18.9 Å². The molecule has 3 heteroatoms. The predicted molar refractivity (Wildman–Crippen MR) is 89.4 cm³/mol. The van der Waals surface area contributed by atoms with E-state index in [1.807, 2.05) is 18.5 Å². The molecule has 0 amide bonds. The molecule has 22 heavy (non-hydrogen) atoms. The van der Waals surface area contributed by atoms with Crippen molar-refractivity contribution in [2.75, 3.05) is 0 Å². The maximum atomic E-state index is 4.48. The van der Waals surface area contributed by atoms with Crippen LogP contribution in [-0.4, -0.2) is 9.97 Å². The number of rotatable bonds is 6. The lowest BCUT2D eigenvalue weighted by atomic mass is 9.75. The van der Waals surface area contributed by atoms with E-state index in [-0.39, 0.29) is 5.54 Å². The first kappa shape index (κ1) is 15.2. The molecule has 3 nitrogen and oxygen atoms in total. The van der Waals surface area contributed by atoms with E-state index in [2.05, 4.69) is 53.4 Å². The Hall–Kier alpha value is -1.74. The van der Waals surface area contributed by atoms with Crippen molar-refractivity contribution in [2.24, 2.45) is 5.92 Å². The van der Waals surface area contributed by atoms with Crippen LogP contribution in [0.3, 0.4) is 0 Å². The van der Waals surface area contributed by atoms with E-state index in [9.17, 15) is 0 Å². The van der Waals surface area contributed by atoms with Crippen LogP contribution in [-0.2, 0) is 18.5 Å². The molecule has 0 atom stereocenters. The fraction of sp³-hybridized carbons (Fsp3) is 0.474. The Bertz CT molecular complexity index is 603. The number of hydrogen-bond donors (Lipinski definition) is 1. The zero-order valence-electron chi connectivity index (χ0n) is 13.5. The van der Waals surface area contributed by atoms with Crippen molar-refractivity contribution in [3.05, 3.63) is 59.7 Å². The highest BCUT2D eigenvalue weighted by molar-refractivity contribution is 5.28. The van der Waals surface area contributed by atoms with Gasteiger partial charge in [-0.1, -0.05) is 38.1 Å². The highest BCUT2D eigenvalue weighted by Crippen LogP contribution is 2.39. The normalized spacial score (nSPS) is 16.5. The van der Waals surface area contributed by atoms with Gasteiger partial charge in [0.2, 0.25) is 0 Å². The van der Waals surface area contributed by atoms with Crippen molar-refractivity contribution in [3.63, 3.8) is 0 Å². The Balaban J connectivity index is 1.74. The average molecular weight is 295 g/mol. The third-order valence-corrected chi connectivity index (χ3v) is 4.56. The van der Waals surface area contributed by atoms with Gasteiger partial charge in [0.25, 0.3) is 0 Å². The average Bonchev–Trinajstić information content (AvgIpc) is 2.48. The first-order valence-corrected chi connectivity index (χ1v) is 8.29. The number of nitrogens with zero attached hydrogens (tertiary/aromatic N) is 2. The Morgan fingerprint density at radius 2 is 1.73 bits per heavy atom. The monoisotopic (exact) mass is 295 g/mol. The Labute approximate surface area is 133 Å². The summed E-state index contributed by atoms with van der Waals surface area (Å²) in [5, 5.41) is 3.75. The van der Waals surface area contributed by atoms with Gasteiger partial charge in [-0.05, 0) is 48.8 Å². The van der Waals surface area contributed by atoms with Gasteiger partial charge >= 0.3 is 0 Å². The summed E-state index contributed by atoms with van der Waals surface area (Å²) in [6.07, 6.45) is 8.33. The van der Waals surface area contributed by atoms with Crippen molar-refractivity contribution in [1.29, 1.82) is 0 Å². The minimum atomic E-state index is -0.0216. The van der Waals surface area contributed by atoms with E-state index in [1.54, 1.807) is 0 Å². The molecular weight excluding hydrogens is 270 g/mol. The van der Waals surface area contributed by atoms with Crippen molar-refractivity contribution in [1.82, 2.24) is 15.3 Å². The van der Waals surface area contributed by atoms with Crippen molar-refractivity contribution >= 4 is 0 Å². The summed E-state index contributed by atoms with van der Waals surface area (Å²) < 4.78 is 0. The lowest BCUT2D eigenvalue weighted by molar-refractivity contribution is 0.170. The maximum absolute atomic E-state index is 4.48. The molecule has 1 aromatic heterocycles. The van der Waals surface area contributed by atoms with Crippen LogP contribution in [0.15, 0.2) is 42.7 Å². The minimum absolute atomic E-state index is 0.0216. The summed E-state index contributed by atoms with van der Waals surface area (Å²) in [6.45, 7) is 5.44. The van der Waals surface area contributed by atoms with Crippen LogP contribution >= 0.6 is 0 Å². The largest absolute Gasteiger partial charge is 0.301 e. The second kappa shape index (κ2) is 6.57. The SMILES string of the molecule is CC(C)Cc1ccccc1CNC1(c2ncccn2)CCC1. The van der Waals surface area contributed by atoms with Gasteiger partial charge in [0.1, 0.15) is 5.82 Å². The fourth-order valence-corrected chi connectivity index (χ4v) is 3.19. The van der Waals surface area contributed by atoms with Crippen LogP contribution in [0.25, 0.3) is 0 Å². The van der Waals surface area contributed by atoms with E-state index >= 15 is 0 Å². The van der Waals surface area contributed by atoms with Gasteiger partial charge in [0.05, 0.1) is 5.54 Å². The van der Waals surface area contributed by atoms with Crippen LogP contribution < -0.4 is 5.32 Å². The Kier molecular flexibility index (Phi) is 4.53. The fourth-order valence-electron chi connectivity index (χ4n) is 3.19. The molecule has 0 saturated heterocycles. The van der Waals surface area contributed by atoms with E-state index in [1.165, 1.54) is 17.5 Å². The molecule has 0 bridgehead atoms. The lowest BCUT2D eigenvalue weighted by Crippen LogP contribution is -2.49. The van der Waals surface area contributed by atoms with Gasteiger partial charge in [-0.2, -0.15) is 0 Å². The standard InChI is InChI=1S/C19H25N3/c1-15(2)13-16-7-3-4-8-17(16)14-22-19(9-5-10-19)18-20-11-6-12-21-18/h3-4,6-8,11-12,15,22H,5,9-10,13-14H2,1-2H3. The van der Waals surface area contributed by atoms with Gasteiger partial charge in [-0.3, -0.25) is 0 Å².